The van der Waals surface area contributed by atoms with E-state index in [1.165, 1.54) is 6.08 Å². The predicted octanol–water partition coefficient (Wildman–Crippen LogP) is 1.50. The summed E-state index contributed by atoms with van der Waals surface area (Å²) in [6.45, 7) is -0.0488. The molecule has 1 N–H and O–H groups in total. The molecule has 1 saturated carbocycles. The standard InChI is InChI=1S/C17H18O5/c18-11(10-21-12-4-2-1-3-5-12)6-7-13-14-8-17(20)22-16(14)9-15(13)19/h1-7,13-16,19H,8-10H2/b7-6+/t13-,14-,15-,16+/m1/s1. The number of esters is 1. The lowest BCUT2D eigenvalue weighted by molar-refractivity contribution is -0.141. The monoisotopic (exact) mass is 302 g/mol. The Labute approximate surface area is 128 Å². The third kappa shape index (κ3) is 3.20. The predicted molar refractivity (Wildman–Crippen MR) is 78.2 cm³/mol. The Kier molecular flexibility index (Phi) is 4.24. The fourth-order valence-electron chi connectivity index (χ4n) is 3.12. The summed E-state index contributed by atoms with van der Waals surface area (Å²) in [6, 6.07) is 9.11. The topological polar surface area (TPSA) is 72.8 Å². The van der Waals surface area contributed by atoms with E-state index in [-0.39, 0.29) is 36.3 Å². The van der Waals surface area contributed by atoms with Crippen molar-refractivity contribution in [3.05, 3.63) is 42.5 Å². The summed E-state index contributed by atoms with van der Waals surface area (Å²) in [5.74, 6) is 0.00232. The Balaban J connectivity index is 1.54. The average molecular weight is 302 g/mol. The van der Waals surface area contributed by atoms with Crippen molar-refractivity contribution in [1.29, 1.82) is 0 Å². The van der Waals surface area contributed by atoms with Gasteiger partial charge in [0.1, 0.15) is 11.9 Å². The van der Waals surface area contributed by atoms with Crippen LogP contribution >= 0.6 is 0 Å². The molecule has 5 nitrogen and oxygen atoms in total. The first-order valence-corrected chi connectivity index (χ1v) is 7.40. The lowest BCUT2D eigenvalue weighted by Crippen LogP contribution is -2.18. The van der Waals surface area contributed by atoms with Gasteiger partial charge in [-0.05, 0) is 18.2 Å². The van der Waals surface area contributed by atoms with Crippen molar-refractivity contribution in [3.8, 4) is 5.75 Å². The number of ketones is 1. The first-order valence-electron chi connectivity index (χ1n) is 7.40. The Bertz CT molecular complexity index is 580. The largest absolute Gasteiger partial charge is 0.485 e. The molecule has 4 atom stereocenters. The molecule has 2 fully saturated rings. The molecule has 1 heterocycles. The Morgan fingerprint density at radius 3 is 2.91 bits per heavy atom. The van der Waals surface area contributed by atoms with Crippen molar-refractivity contribution in [2.24, 2.45) is 11.8 Å². The SMILES string of the molecule is O=C(/C=C/[C@@H]1[C@H]2CC(=O)O[C@H]2C[C@H]1O)COc1ccccc1. The van der Waals surface area contributed by atoms with Crippen LogP contribution in [0.1, 0.15) is 12.8 Å². The van der Waals surface area contributed by atoms with Gasteiger partial charge in [-0.3, -0.25) is 9.59 Å². The molecule has 0 spiro atoms. The summed E-state index contributed by atoms with van der Waals surface area (Å²) in [4.78, 5) is 23.1. The van der Waals surface area contributed by atoms with E-state index in [4.69, 9.17) is 9.47 Å². The van der Waals surface area contributed by atoms with Gasteiger partial charge in [0.15, 0.2) is 12.4 Å². The number of carbonyl (C=O) groups is 2. The summed E-state index contributed by atoms with van der Waals surface area (Å²) < 4.78 is 10.5. The van der Waals surface area contributed by atoms with Crippen LogP contribution in [-0.4, -0.2) is 35.7 Å². The van der Waals surface area contributed by atoms with Crippen molar-refractivity contribution < 1.29 is 24.2 Å². The lowest BCUT2D eigenvalue weighted by atomic mass is 9.91. The second-order valence-corrected chi connectivity index (χ2v) is 5.70. The van der Waals surface area contributed by atoms with Gasteiger partial charge in [-0.1, -0.05) is 24.3 Å². The van der Waals surface area contributed by atoms with Crippen molar-refractivity contribution in [3.63, 3.8) is 0 Å². The summed E-state index contributed by atoms with van der Waals surface area (Å²) in [7, 11) is 0. The average Bonchev–Trinajstić information content (AvgIpc) is 2.99. The number of fused-ring (bicyclic) bond motifs is 1. The van der Waals surface area contributed by atoms with E-state index in [1.807, 2.05) is 18.2 Å². The quantitative estimate of drug-likeness (QED) is 0.659. The number of benzene rings is 1. The number of para-hydroxylation sites is 1. The minimum atomic E-state index is -0.567. The zero-order valence-corrected chi connectivity index (χ0v) is 12.1. The van der Waals surface area contributed by atoms with Crippen LogP contribution in [0.5, 0.6) is 5.75 Å². The molecule has 0 amide bonds. The van der Waals surface area contributed by atoms with E-state index in [0.29, 0.717) is 18.6 Å². The van der Waals surface area contributed by atoms with Crippen LogP contribution in [0.25, 0.3) is 0 Å². The van der Waals surface area contributed by atoms with Gasteiger partial charge >= 0.3 is 5.97 Å². The van der Waals surface area contributed by atoms with Crippen LogP contribution in [0.15, 0.2) is 42.5 Å². The number of rotatable bonds is 5. The Hall–Kier alpha value is -2.14. The maximum absolute atomic E-state index is 11.8. The first kappa shape index (κ1) is 14.8. The van der Waals surface area contributed by atoms with Crippen molar-refractivity contribution in [1.82, 2.24) is 0 Å². The van der Waals surface area contributed by atoms with Gasteiger partial charge in [-0.2, -0.15) is 0 Å². The lowest BCUT2D eigenvalue weighted by Gasteiger charge is -2.14. The number of hydrogen-bond donors (Lipinski definition) is 1. The normalized spacial score (nSPS) is 30.3. The molecule has 3 rings (SSSR count). The van der Waals surface area contributed by atoms with Gasteiger partial charge in [0.05, 0.1) is 12.5 Å². The third-order valence-corrected chi connectivity index (χ3v) is 4.20. The molecule has 2 aliphatic rings. The highest BCUT2D eigenvalue weighted by Gasteiger charge is 2.48. The maximum atomic E-state index is 11.8. The van der Waals surface area contributed by atoms with Crippen LogP contribution in [0.2, 0.25) is 0 Å². The molecular formula is C17H18O5. The Morgan fingerprint density at radius 2 is 2.14 bits per heavy atom. The Morgan fingerprint density at radius 1 is 1.36 bits per heavy atom. The molecule has 0 radical (unpaired) electrons. The smallest absolute Gasteiger partial charge is 0.306 e. The summed E-state index contributed by atoms with van der Waals surface area (Å²) in [5.41, 5.74) is 0. The van der Waals surface area contributed by atoms with Gasteiger partial charge in [-0.15, -0.1) is 0 Å². The summed E-state index contributed by atoms with van der Waals surface area (Å²) in [6.07, 6.45) is 3.09. The number of ether oxygens (including phenoxy) is 2. The molecule has 1 aromatic rings. The molecule has 1 aliphatic carbocycles. The summed E-state index contributed by atoms with van der Waals surface area (Å²) in [5, 5.41) is 10.0. The molecule has 0 bridgehead atoms. The number of hydrogen-bond acceptors (Lipinski definition) is 5. The second-order valence-electron chi connectivity index (χ2n) is 5.70. The minimum Gasteiger partial charge on any atom is -0.485 e. The van der Waals surface area contributed by atoms with Gasteiger partial charge in [0.2, 0.25) is 0 Å². The molecule has 0 aromatic heterocycles. The molecule has 0 unspecified atom stereocenters. The zero-order chi connectivity index (χ0) is 15.5. The highest BCUT2D eigenvalue weighted by Crippen LogP contribution is 2.41. The highest BCUT2D eigenvalue weighted by atomic mass is 16.6. The zero-order valence-electron chi connectivity index (χ0n) is 12.1. The van der Waals surface area contributed by atoms with Crippen molar-refractivity contribution in [2.75, 3.05) is 6.61 Å². The van der Waals surface area contributed by atoms with E-state index in [1.54, 1.807) is 18.2 Å². The third-order valence-electron chi connectivity index (χ3n) is 4.20. The first-order chi connectivity index (χ1) is 10.6. The maximum Gasteiger partial charge on any atom is 0.306 e. The van der Waals surface area contributed by atoms with Gasteiger partial charge in [0.25, 0.3) is 0 Å². The number of aliphatic hydroxyl groups excluding tert-OH is 1. The number of carbonyl (C=O) groups excluding carboxylic acids is 2. The van der Waals surface area contributed by atoms with E-state index in [9.17, 15) is 14.7 Å². The summed E-state index contributed by atoms with van der Waals surface area (Å²) >= 11 is 0. The van der Waals surface area contributed by atoms with Crippen LogP contribution in [-0.2, 0) is 14.3 Å². The molecule has 5 heteroatoms. The molecule has 116 valence electrons. The van der Waals surface area contributed by atoms with E-state index >= 15 is 0 Å². The molecule has 1 aliphatic heterocycles. The molecule has 1 aromatic carbocycles. The van der Waals surface area contributed by atoms with Crippen LogP contribution < -0.4 is 4.74 Å². The van der Waals surface area contributed by atoms with E-state index < -0.39 is 6.10 Å². The highest BCUT2D eigenvalue weighted by molar-refractivity contribution is 5.91. The molecule has 22 heavy (non-hydrogen) atoms. The van der Waals surface area contributed by atoms with E-state index in [0.717, 1.165) is 0 Å². The fraction of sp³-hybridized carbons (Fsp3) is 0.412. The van der Waals surface area contributed by atoms with Crippen LogP contribution in [0.4, 0.5) is 0 Å². The molecular weight excluding hydrogens is 284 g/mol. The van der Waals surface area contributed by atoms with Crippen LogP contribution in [0, 0.1) is 11.8 Å². The van der Waals surface area contributed by atoms with Gasteiger partial charge < -0.3 is 14.6 Å². The number of aliphatic hydroxyl groups is 1. The van der Waals surface area contributed by atoms with Crippen molar-refractivity contribution in [2.45, 2.75) is 25.0 Å². The minimum absolute atomic E-state index is 0.0263. The fourth-order valence-corrected chi connectivity index (χ4v) is 3.12. The van der Waals surface area contributed by atoms with E-state index in [2.05, 4.69) is 0 Å². The van der Waals surface area contributed by atoms with Gasteiger partial charge in [-0.25, -0.2) is 0 Å². The van der Waals surface area contributed by atoms with Crippen molar-refractivity contribution >= 4 is 11.8 Å². The second kappa shape index (κ2) is 6.32. The molecule has 1 saturated heterocycles. The van der Waals surface area contributed by atoms with Crippen LogP contribution in [0.3, 0.4) is 0 Å². The van der Waals surface area contributed by atoms with Gasteiger partial charge in [0, 0.05) is 18.3 Å².